The van der Waals surface area contributed by atoms with Crippen LogP contribution in [-0.4, -0.2) is 49.6 Å². The van der Waals surface area contributed by atoms with E-state index in [1.165, 1.54) is 6.07 Å². The summed E-state index contributed by atoms with van der Waals surface area (Å²) in [6.45, 7) is 0.678. The number of carbonyl (C=O) groups excluding carboxylic acids is 2. The Hall–Kier alpha value is -2.94. The summed E-state index contributed by atoms with van der Waals surface area (Å²) in [5, 5.41) is 0. The van der Waals surface area contributed by atoms with Crippen LogP contribution in [0.4, 0.5) is 13.2 Å². The van der Waals surface area contributed by atoms with E-state index < -0.39 is 35.6 Å². The largest absolute Gasteiger partial charge is 0.468 e. The second kappa shape index (κ2) is 10.2. The third-order valence-electron chi connectivity index (χ3n) is 4.62. The Morgan fingerprint density at radius 1 is 1.03 bits per heavy atom. The van der Waals surface area contributed by atoms with Gasteiger partial charge in [0.25, 0.3) is 0 Å². The predicted octanol–water partition coefficient (Wildman–Crippen LogP) is 3.28. The molecular weight excluding hydrogens is 401 g/mol. The first kappa shape index (κ1) is 23.3. The van der Waals surface area contributed by atoms with E-state index in [1.54, 1.807) is 7.05 Å². The molecule has 1 unspecified atom stereocenters. The van der Waals surface area contributed by atoms with E-state index in [2.05, 4.69) is 4.98 Å². The fraction of sp³-hybridized carbons (Fsp3) is 0.381. The van der Waals surface area contributed by atoms with Gasteiger partial charge in [0.1, 0.15) is 5.69 Å². The minimum atomic E-state index is -4.60. The van der Waals surface area contributed by atoms with Gasteiger partial charge in [0.15, 0.2) is 5.92 Å². The molecular formula is C21H23F3N2O4. The molecule has 30 heavy (non-hydrogen) atoms. The van der Waals surface area contributed by atoms with Gasteiger partial charge in [-0.25, -0.2) is 0 Å². The van der Waals surface area contributed by atoms with Gasteiger partial charge in [-0.15, -0.1) is 0 Å². The van der Waals surface area contributed by atoms with E-state index in [-0.39, 0.29) is 6.54 Å². The van der Waals surface area contributed by atoms with Gasteiger partial charge in [0, 0.05) is 25.2 Å². The van der Waals surface area contributed by atoms with Gasteiger partial charge in [-0.1, -0.05) is 36.4 Å². The third-order valence-corrected chi connectivity index (χ3v) is 4.62. The molecule has 0 aliphatic carbocycles. The summed E-state index contributed by atoms with van der Waals surface area (Å²) in [7, 11) is 4.05. The minimum Gasteiger partial charge on any atom is -0.468 e. The molecule has 1 aromatic heterocycles. The summed E-state index contributed by atoms with van der Waals surface area (Å²) in [5.41, 5.74) is 0.232. The number of esters is 2. The smallest absolute Gasteiger partial charge is 0.433 e. The number of alkyl halides is 3. The lowest BCUT2D eigenvalue weighted by Gasteiger charge is -2.28. The van der Waals surface area contributed by atoms with Crippen molar-refractivity contribution >= 4 is 11.9 Å². The lowest BCUT2D eigenvalue weighted by atomic mass is 9.86. The first-order chi connectivity index (χ1) is 14.2. The van der Waals surface area contributed by atoms with E-state index in [0.717, 1.165) is 32.0 Å². The maximum atomic E-state index is 12.9. The molecule has 0 spiro atoms. The fourth-order valence-corrected chi connectivity index (χ4v) is 3.17. The highest BCUT2D eigenvalue weighted by atomic mass is 19.4. The predicted molar refractivity (Wildman–Crippen MR) is 102 cm³/mol. The van der Waals surface area contributed by atoms with Gasteiger partial charge in [0.05, 0.1) is 14.2 Å². The van der Waals surface area contributed by atoms with Gasteiger partial charge in [-0.2, -0.15) is 13.2 Å². The molecule has 9 heteroatoms. The van der Waals surface area contributed by atoms with Gasteiger partial charge in [0.2, 0.25) is 0 Å². The standard InChI is InChI=1S/C21H23F3N2O4/c1-26(12-14-7-5-4-6-8-14)13-16(18(19(27)29-2)20(28)30-3)15-9-10-17(25-11-15)21(22,23)24/h4-11,16,18H,12-13H2,1-3H3. The molecule has 0 aliphatic rings. The number of hydrogen-bond donors (Lipinski definition) is 0. The Kier molecular flexibility index (Phi) is 7.93. The summed E-state index contributed by atoms with van der Waals surface area (Å²) in [6.07, 6.45) is -3.56. The summed E-state index contributed by atoms with van der Waals surface area (Å²) in [5.74, 6) is -3.84. The fourth-order valence-electron chi connectivity index (χ4n) is 3.17. The number of benzene rings is 1. The molecule has 1 atom stereocenters. The average molecular weight is 424 g/mol. The van der Waals surface area contributed by atoms with Crippen molar-refractivity contribution < 1.29 is 32.2 Å². The number of likely N-dealkylation sites (N-methyl/N-ethyl adjacent to an activating group) is 1. The van der Waals surface area contributed by atoms with Crippen LogP contribution in [0.25, 0.3) is 0 Å². The Bertz CT molecular complexity index is 826. The van der Waals surface area contributed by atoms with E-state index in [9.17, 15) is 22.8 Å². The quantitative estimate of drug-likeness (QED) is 0.479. The number of methoxy groups -OCH3 is 2. The van der Waals surface area contributed by atoms with Crippen LogP contribution in [0.5, 0.6) is 0 Å². The number of aromatic nitrogens is 1. The van der Waals surface area contributed by atoms with E-state index >= 15 is 0 Å². The van der Waals surface area contributed by atoms with Gasteiger partial charge in [-0.3, -0.25) is 14.6 Å². The number of ether oxygens (including phenoxy) is 2. The summed E-state index contributed by atoms with van der Waals surface area (Å²) >= 11 is 0. The normalized spacial score (nSPS) is 12.7. The number of hydrogen-bond acceptors (Lipinski definition) is 6. The molecule has 0 amide bonds. The van der Waals surface area contributed by atoms with Crippen molar-refractivity contribution in [2.24, 2.45) is 5.92 Å². The van der Waals surface area contributed by atoms with E-state index in [4.69, 9.17) is 9.47 Å². The molecule has 0 bridgehead atoms. The van der Waals surface area contributed by atoms with Crippen LogP contribution in [0.3, 0.4) is 0 Å². The number of pyridine rings is 1. The molecule has 6 nitrogen and oxygen atoms in total. The zero-order chi connectivity index (χ0) is 22.3. The van der Waals surface area contributed by atoms with Crippen molar-refractivity contribution in [3.8, 4) is 0 Å². The first-order valence-electron chi connectivity index (χ1n) is 9.08. The van der Waals surface area contributed by atoms with Crippen molar-refractivity contribution in [2.45, 2.75) is 18.6 Å². The van der Waals surface area contributed by atoms with Crippen molar-refractivity contribution in [2.75, 3.05) is 27.8 Å². The molecule has 0 saturated heterocycles. The Morgan fingerprint density at radius 3 is 2.10 bits per heavy atom. The summed E-state index contributed by atoms with van der Waals surface area (Å²) < 4.78 is 48.1. The molecule has 1 heterocycles. The Balaban J connectivity index is 2.37. The number of halogens is 3. The number of rotatable bonds is 8. The van der Waals surface area contributed by atoms with Crippen LogP contribution < -0.4 is 0 Å². The highest BCUT2D eigenvalue weighted by Gasteiger charge is 2.39. The molecule has 0 aliphatic heterocycles. The SMILES string of the molecule is COC(=O)C(C(=O)OC)C(CN(C)Cc1ccccc1)c1ccc(C(F)(F)F)nc1. The second-order valence-electron chi connectivity index (χ2n) is 6.79. The molecule has 0 fully saturated rings. The molecule has 2 aromatic rings. The second-order valence-corrected chi connectivity index (χ2v) is 6.79. The lowest BCUT2D eigenvalue weighted by molar-refractivity contribution is -0.160. The van der Waals surface area contributed by atoms with Crippen LogP contribution in [-0.2, 0) is 31.8 Å². The molecule has 0 N–H and O–H groups in total. The average Bonchev–Trinajstić information content (AvgIpc) is 2.73. The highest BCUT2D eigenvalue weighted by Crippen LogP contribution is 2.31. The Morgan fingerprint density at radius 2 is 1.63 bits per heavy atom. The third kappa shape index (κ3) is 6.03. The van der Waals surface area contributed by atoms with Crippen LogP contribution in [0.15, 0.2) is 48.7 Å². The van der Waals surface area contributed by atoms with Crippen LogP contribution in [0.2, 0.25) is 0 Å². The lowest BCUT2D eigenvalue weighted by Crippen LogP contribution is -2.38. The number of carbonyl (C=O) groups is 2. The van der Waals surface area contributed by atoms with Crippen LogP contribution in [0.1, 0.15) is 22.7 Å². The van der Waals surface area contributed by atoms with Gasteiger partial charge < -0.3 is 14.4 Å². The molecule has 2 rings (SSSR count). The number of nitrogens with zero attached hydrogens (tertiary/aromatic N) is 2. The maximum Gasteiger partial charge on any atom is 0.433 e. The van der Waals surface area contributed by atoms with Crippen molar-refractivity contribution in [3.63, 3.8) is 0 Å². The van der Waals surface area contributed by atoms with Crippen molar-refractivity contribution in [1.29, 1.82) is 0 Å². The molecule has 162 valence electrons. The highest BCUT2D eigenvalue weighted by molar-refractivity contribution is 5.96. The maximum absolute atomic E-state index is 12.9. The topological polar surface area (TPSA) is 68.7 Å². The van der Waals surface area contributed by atoms with E-state index in [0.29, 0.717) is 12.1 Å². The monoisotopic (exact) mass is 424 g/mol. The van der Waals surface area contributed by atoms with Crippen LogP contribution >= 0.6 is 0 Å². The summed E-state index contributed by atoms with van der Waals surface area (Å²) in [6, 6.07) is 11.5. The molecule has 0 radical (unpaired) electrons. The van der Waals surface area contributed by atoms with Crippen molar-refractivity contribution in [1.82, 2.24) is 9.88 Å². The zero-order valence-electron chi connectivity index (χ0n) is 16.8. The molecule has 0 saturated carbocycles. The van der Waals surface area contributed by atoms with Gasteiger partial charge in [-0.05, 0) is 24.2 Å². The zero-order valence-corrected chi connectivity index (χ0v) is 16.8. The minimum absolute atomic E-state index is 0.177. The van der Waals surface area contributed by atoms with Crippen LogP contribution in [0, 0.1) is 5.92 Å². The van der Waals surface area contributed by atoms with Crippen molar-refractivity contribution in [3.05, 3.63) is 65.5 Å². The Labute approximate surface area is 172 Å². The van der Waals surface area contributed by atoms with E-state index in [1.807, 2.05) is 35.2 Å². The first-order valence-corrected chi connectivity index (χ1v) is 9.08. The summed E-state index contributed by atoms with van der Waals surface area (Å²) in [4.78, 5) is 30.0. The molecule has 1 aromatic carbocycles. The van der Waals surface area contributed by atoms with Gasteiger partial charge >= 0.3 is 18.1 Å².